The number of benzene rings is 1. The average molecular weight is 246 g/mol. The Hall–Kier alpha value is -2.30. The zero-order chi connectivity index (χ0) is 13.3. The van der Waals surface area contributed by atoms with Crippen LogP contribution in [0.2, 0.25) is 0 Å². The Balaban J connectivity index is 2.26. The fraction of sp³-hybridized carbons (Fsp3) is 0.231. The summed E-state index contributed by atoms with van der Waals surface area (Å²) >= 11 is 0. The van der Waals surface area contributed by atoms with Gasteiger partial charge in [-0.1, -0.05) is 6.07 Å². The summed E-state index contributed by atoms with van der Waals surface area (Å²) in [6.07, 6.45) is 0. The highest BCUT2D eigenvalue weighted by Crippen LogP contribution is 2.21. The van der Waals surface area contributed by atoms with Crippen LogP contribution >= 0.6 is 0 Å². The van der Waals surface area contributed by atoms with Crippen LogP contribution in [-0.2, 0) is 0 Å². The molecule has 0 bridgehead atoms. The minimum Gasteiger partial charge on any atom is -0.475 e. The number of aromatic nitrogens is 1. The highest BCUT2D eigenvalue weighted by molar-refractivity contribution is 5.85. The lowest BCUT2D eigenvalue weighted by molar-refractivity contribution is 0.0662. The Kier molecular flexibility index (Phi) is 3.06. The van der Waals surface area contributed by atoms with E-state index in [1.807, 2.05) is 32.0 Å². The van der Waals surface area contributed by atoms with Gasteiger partial charge in [0, 0.05) is 5.69 Å². The molecule has 1 aromatic heterocycles. The molecule has 1 aromatic carbocycles. The predicted octanol–water partition coefficient (Wildman–Crippen LogP) is 3.04. The van der Waals surface area contributed by atoms with Crippen LogP contribution in [0, 0.1) is 20.8 Å². The molecule has 0 spiro atoms. The van der Waals surface area contributed by atoms with E-state index in [2.05, 4.69) is 10.3 Å². The summed E-state index contributed by atoms with van der Waals surface area (Å²) in [4.78, 5) is 14.8. The molecule has 0 atom stereocenters. The van der Waals surface area contributed by atoms with Crippen molar-refractivity contribution in [3.8, 4) is 0 Å². The molecule has 0 amide bonds. The molecule has 0 radical (unpaired) electrons. The summed E-state index contributed by atoms with van der Waals surface area (Å²) in [6, 6.07) is 6.01. The molecule has 1 heterocycles. The second kappa shape index (κ2) is 4.52. The van der Waals surface area contributed by atoms with Crippen LogP contribution in [0.3, 0.4) is 0 Å². The third-order valence-corrected chi connectivity index (χ3v) is 2.75. The second-order valence-corrected chi connectivity index (χ2v) is 4.16. The number of rotatable bonds is 3. The summed E-state index contributed by atoms with van der Waals surface area (Å²) in [5.41, 5.74) is 3.50. The Bertz CT molecular complexity index is 602. The molecule has 5 nitrogen and oxygen atoms in total. The number of aryl methyl sites for hydroxylation is 3. The molecule has 5 heteroatoms. The first-order valence-electron chi connectivity index (χ1n) is 5.52. The maximum Gasteiger partial charge on any atom is 0.373 e. The summed E-state index contributed by atoms with van der Waals surface area (Å²) in [6.45, 7) is 5.62. The van der Waals surface area contributed by atoms with Gasteiger partial charge in [0.05, 0.1) is 5.69 Å². The zero-order valence-electron chi connectivity index (χ0n) is 10.4. The number of hydrogen-bond acceptors (Lipinski definition) is 4. The Labute approximate surface area is 104 Å². The van der Waals surface area contributed by atoms with Gasteiger partial charge in [0.2, 0.25) is 5.76 Å². The van der Waals surface area contributed by atoms with Gasteiger partial charge in [-0.25, -0.2) is 4.79 Å². The van der Waals surface area contributed by atoms with Crippen LogP contribution < -0.4 is 5.32 Å². The summed E-state index contributed by atoms with van der Waals surface area (Å²) in [5, 5.41) is 11.8. The summed E-state index contributed by atoms with van der Waals surface area (Å²) in [7, 11) is 0. The van der Waals surface area contributed by atoms with Crippen LogP contribution in [0.1, 0.15) is 27.4 Å². The molecule has 0 aliphatic rings. The minimum atomic E-state index is -1.12. The van der Waals surface area contributed by atoms with Crippen molar-refractivity contribution in [3.05, 3.63) is 40.8 Å². The van der Waals surface area contributed by atoms with Gasteiger partial charge in [-0.15, -0.1) is 0 Å². The quantitative estimate of drug-likeness (QED) is 0.870. The first kappa shape index (κ1) is 12.2. The van der Waals surface area contributed by atoms with E-state index in [4.69, 9.17) is 9.52 Å². The van der Waals surface area contributed by atoms with Gasteiger partial charge in [-0.3, -0.25) is 0 Å². The van der Waals surface area contributed by atoms with Gasteiger partial charge >= 0.3 is 5.97 Å². The highest BCUT2D eigenvalue weighted by atomic mass is 16.4. The Morgan fingerprint density at radius 3 is 2.56 bits per heavy atom. The third-order valence-electron chi connectivity index (χ3n) is 2.75. The lowest BCUT2D eigenvalue weighted by Crippen LogP contribution is -1.95. The van der Waals surface area contributed by atoms with E-state index in [0.717, 1.165) is 11.3 Å². The van der Waals surface area contributed by atoms with E-state index in [1.165, 1.54) is 5.56 Å². The number of nitrogens with zero attached hydrogens (tertiary/aromatic N) is 1. The first-order valence-corrected chi connectivity index (χ1v) is 5.52. The maximum atomic E-state index is 10.8. The van der Waals surface area contributed by atoms with Crippen LogP contribution in [0.5, 0.6) is 0 Å². The second-order valence-electron chi connectivity index (χ2n) is 4.16. The van der Waals surface area contributed by atoms with Gasteiger partial charge in [-0.2, -0.15) is 4.98 Å². The number of carboxylic acid groups (broad SMARTS) is 1. The van der Waals surface area contributed by atoms with Crippen molar-refractivity contribution < 1.29 is 14.3 Å². The lowest BCUT2D eigenvalue weighted by atomic mass is 10.1. The number of carbonyl (C=O) groups is 1. The van der Waals surface area contributed by atoms with E-state index < -0.39 is 5.97 Å². The van der Waals surface area contributed by atoms with Crippen LogP contribution in [0.25, 0.3) is 0 Å². The van der Waals surface area contributed by atoms with Crippen molar-refractivity contribution in [1.82, 2.24) is 4.98 Å². The van der Waals surface area contributed by atoms with Crippen molar-refractivity contribution in [2.45, 2.75) is 20.8 Å². The minimum absolute atomic E-state index is 0.138. The zero-order valence-corrected chi connectivity index (χ0v) is 10.4. The first-order chi connectivity index (χ1) is 8.47. The van der Waals surface area contributed by atoms with Crippen LogP contribution in [0.4, 0.5) is 11.7 Å². The van der Waals surface area contributed by atoms with Crippen molar-refractivity contribution in [2.24, 2.45) is 0 Å². The average Bonchev–Trinajstić information content (AvgIpc) is 2.65. The highest BCUT2D eigenvalue weighted by Gasteiger charge is 2.16. The van der Waals surface area contributed by atoms with E-state index in [1.54, 1.807) is 6.92 Å². The van der Waals surface area contributed by atoms with Crippen molar-refractivity contribution >= 4 is 17.7 Å². The third kappa shape index (κ3) is 2.34. The number of anilines is 2. The predicted molar refractivity (Wildman–Crippen MR) is 67.4 cm³/mol. The SMILES string of the molecule is Cc1ccc(Nc2nc(C)c(C(=O)O)o2)cc1C. The van der Waals surface area contributed by atoms with Crippen LogP contribution in [0.15, 0.2) is 22.6 Å². The lowest BCUT2D eigenvalue weighted by Gasteiger charge is -2.04. The molecule has 18 heavy (non-hydrogen) atoms. The molecule has 0 aliphatic carbocycles. The van der Waals surface area contributed by atoms with Crippen molar-refractivity contribution in [1.29, 1.82) is 0 Å². The van der Waals surface area contributed by atoms with E-state index >= 15 is 0 Å². The normalized spacial score (nSPS) is 10.4. The molecule has 0 saturated carbocycles. The van der Waals surface area contributed by atoms with Crippen molar-refractivity contribution in [2.75, 3.05) is 5.32 Å². The number of aromatic carboxylic acids is 1. The smallest absolute Gasteiger partial charge is 0.373 e. The van der Waals surface area contributed by atoms with Crippen LogP contribution in [-0.4, -0.2) is 16.1 Å². The molecule has 0 saturated heterocycles. The molecule has 0 unspecified atom stereocenters. The molecule has 0 fully saturated rings. The van der Waals surface area contributed by atoms with Gasteiger partial charge in [0.15, 0.2) is 0 Å². The van der Waals surface area contributed by atoms with E-state index in [-0.39, 0.29) is 11.8 Å². The molecule has 94 valence electrons. The summed E-state index contributed by atoms with van der Waals surface area (Å²) < 4.78 is 5.13. The van der Waals surface area contributed by atoms with E-state index in [0.29, 0.717) is 5.69 Å². The largest absolute Gasteiger partial charge is 0.475 e. The molecular weight excluding hydrogens is 232 g/mol. The van der Waals surface area contributed by atoms with Gasteiger partial charge in [-0.05, 0) is 44.0 Å². The molecule has 0 aliphatic heterocycles. The number of oxazole rings is 1. The summed E-state index contributed by atoms with van der Waals surface area (Å²) in [5.74, 6) is -1.26. The molecular formula is C13H14N2O3. The Morgan fingerprint density at radius 2 is 2.00 bits per heavy atom. The monoisotopic (exact) mass is 246 g/mol. The molecule has 2 N–H and O–H groups in total. The standard InChI is InChI=1S/C13H14N2O3/c1-7-4-5-10(6-8(7)2)15-13-14-9(3)11(18-13)12(16)17/h4-6H,1-3H3,(H,14,15)(H,16,17). The van der Waals surface area contributed by atoms with Gasteiger partial charge in [0.1, 0.15) is 0 Å². The Morgan fingerprint density at radius 1 is 1.28 bits per heavy atom. The van der Waals surface area contributed by atoms with Crippen molar-refractivity contribution in [3.63, 3.8) is 0 Å². The molecule has 2 rings (SSSR count). The fourth-order valence-corrected chi connectivity index (χ4v) is 1.59. The topological polar surface area (TPSA) is 75.4 Å². The number of nitrogens with one attached hydrogen (secondary N) is 1. The number of carboxylic acids is 1. The fourth-order valence-electron chi connectivity index (χ4n) is 1.59. The molecule has 2 aromatic rings. The van der Waals surface area contributed by atoms with Gasteiger partial charge in [0.25, 0.3) is 6.01 Å². The van der Waals surface area contributed by atoms with Gasteiger partial charge < -0.3 is 14.8 Å². The maximum absolute atomic E-state index is 10.8. The number of hydrogen-bond donors (Lipinski definition) is 2. The van der Waals surface area contributed by atoms with E-state index in [9.17, 15) is 4.79 Å².